The van der Waals surface area contributed by atoms with Gasteiger partial charge >= 0.3 is 0 Å². The Morgan fingerprint density at radius 3 is 2.57 bits per heavy atom. The third-order valence-electron chi connectivity index (χ3n) is 4.47. The van der Waals surface area contributed by atoms with Crippen molar-refractivity contribution in [2.75, 3.05) is 13.2 Å². The van der Waals surface area contributed by atoms with E-state index in [0.29, 0.717) is 18.0 Å². The van der Waals surface area contributed by atoms with Gasteiger partial charge < -0.3 is 4.74 Å². The molecule has 1 fully saturated rings. The molecule has 0 saturated carbocycles. The molecule has 2 aromatic carbocycles. The van der Waals surface area contributed by atoms with Crippen LogP contribution in [0.1, 0.15) is 33.1 Å². The zero-order valence-corrected chi connectivity index (χ0v) is 14.5. The summed E-state index contributed by atoms with van der Waals surface area (Å²) in [6, 6.07) is 11.1. The Morgan fingerprint density at radius 2 is 1.87 bits per heavy atom. The highest BCUT2D eigenvalue weighted by atomic mass is 32.2. The Hall–Kier alpha value is -1.59. The van der Waals surface area contributed by atoms with E-state index in [1.807, 2.05) is 38.1 Å². The second-order valence-corrected chi connectivity index (χ2v) is 7.86. The van der Waals surface area contributed by atoms with Gasteiger partial charge in [-0.1, -0.05) is 30.7 Å². The van der Waals surface area contributed by atoms with Crippen LogP contribution >= 0.6 is 0 Å². The molecule has 3 rings (SSSR count). The largest absolute Gasteiger partial charge is 0.493 e. The normalized spacial score (nSPS) is 19.8. The summed E-state index contributed by atoms with van der Waals surface area (Å²) >= 11 is 0. The molecule has 0 amide bonds. The number of benzene rings is 2. The van der Waals surface area contributed by atoms with E-state index in [2.05, 4.69) is 0 Å². The Kier molecular flexibility index (Phi) is 4.60. The predicted molar refractivity (Wildman–Crippen MR) is 92.3 cm³/mol. The third kappa shape index (κ3) is 2.95. The summed E-state index contributed by atoms with van der Waals surface area (Å²) in [6.07, 6.45) is 2.95. The molecule has 0 aromatic heterocycles. The molecule has 0 bridgehead atoms. The van der Waals surface area contributed by atoms with Crippen molar-refractivity contribution in [1.82, 2.24) is 4.31 Å². The molecule has 1 atom stereocenters. The van der Waals surface area contributed by atoms with E-state index in [1.165, 1.54) is 0 Å². The van der Waals surface area contributed by atoms with E-state index in [1.54, 1.807) is 16.4 Å². The van der Waals surface area contributed by atoms with Gasteiger partial charge in [0.25, 0.3) is 0 Å². The van der Waals surface area contributed by atoms with Gasteiger partial charge in [-0.3, -0.25) is 0 Å². The maximum atomic E-state index is 13.2. The minimum Gasteiger partial charge on any atom is -0.493 e. The van der Waals surface area contributed by atoms with Gasteiger partial charge in [-0.2, -0.15) is 4.31 Å². The van der Waals surface area contributed by atoms with E-state index >= 15 is 0 Å². The average molecular weight is 333 g/mol. The highest BCUT2D eigenvalue weighted by molar-refractivity contribution is 7.89. The highest BCUT2D eigenvalue weighted by Crippen LogP contribution is 2.34. The lowest BCUT2D eigenvalue weighted by atomic mass is 10.1. The van der Waals surface area contributed by atoms with Gasteiger partial charge in [-0.25, -0.2) is 8.42 Å². The number of fused-ring (bicyclic) bond motifs is 1. The fourth-order valence-electron chi connectivity index (χ4n) is 3.31. The van der Waals surface area contributed by atoms with Crippen LogP contribution in [0.4, 0.5) is 0 Å². The molecule has 2 aromatic rings. The highest BCUT2D eigenvalue weighted by Gasteiger charge is 2.32. The molecular formula is C18H23NO3S. The minimum absolute atomic E-state index is 0.0547. The first-order valence-corrected chi connectivity index (χ1v) is 9.66. The molecule has 0 spiro atoms. The first-order valence-electron chi connectivity index (χ1n) is 8.22. The summed E-state index contributed by atoms with van der Waals surface area (Å²) in [7, 11) is -3.49. The maximum absolute atomic E-state index is 13.2. The van der Waals surface area contributed by atoms with Crippen molar-refractivity contribution >= 4 is 20.8 Å². The summed E-state index contributed by atoms with van der Waals surface area (Å²) in [4.78, 5) is 0.380. The number of piperidine rings is 1. The smallest absolute Gasteiger partial charge is 0.243 e. The van der Waals surface area contributed by atoms with E-state index in [4.69, 9.17) is 4.74 Å². The molecule has 5 heteroatoms. The lowest BCUT2D eigenvalue weighted by Gasteiger charge is -2.32. The summed E-state index contributed by atoms with van der Waals surface area (Å²) in [6.45, 7) is 5.08. The standard InChI is InChI=1S/C18H23NO3S/c1-3-22-17-11-12-18(16-10-5-4-9-15(16)17)23(20,21)19-13-7-6-8-14(19)2/h4-5,9-12,14H,3,6-8,13H2,1-2H3/t14-/m1/s1. The quantitative estimate of drug-likeness (QED) is 0.855. The zero-order valence-electron chi connectivity index (χ0n) is 13.7. The third-order valence-corrected chi connectivity index (χ3v) is 6.54. The SMILES string of the molecule is CCOc1ccc(S(=O)(=O)N2CCCC[C@H]2C)c2ccccc12. The number of hydrogen-bond acceptors (Lipinski definition) is 3. The van der Waals surface area contributed by atoms with Gasteiger partial charge in [0.1, 0.15) is 5.75 Å². The van der Waals surface area contributed by atoms with Crippen molar-refractivity contribution in [3.05, 3.63) is 36.4 Å². The zero-order chi connectivity index (χ0) is 16.4. The first-order chi connectivity index (χ1) is 11.1. The van der Waals surface area contributed by atoms with Gasteiger partial charge in [-0.05, 0) is 38.8 Å². The van der Waals surface area contributed by atoms with E-state index < -0.39 is 10.0 Å². The topological polar surface area (TPSA) is 46.6 Å². The van der Waals surface area contributed by atoms with E-state index in [-0.39, 0.29) is 6.04 Å². The van der Waals surface area contributed by atoms with E-state index in [9.17, 15) is 8.42 Å². The molecule has 1 saturated heterocycles. The Morgan fingerprint density at radius 1 is 1.13 bits per heavy atom. The predicted octanol–water partition coefficient (Wildman–Crippen LogP) is 3.80. The minimum atomic E-state index is -3.49. The van der Waals surface area contributed by atoms with Crippen molar-refractivity contribution < 1.29 is 13.2 Å². The molecule has 0 aliphatic carbocycles. The van der Waals surface area contributed by atoms with Crippen LogP contribution in [0, 0.1) is 0 Å². The molecule has 0 N–H and O–H groups in total. The van der Waals surface area contributed by atoms with Crippen molar-refractivity contribution in [1.29, 1.82) is 0 Å². The molecule has 23 heavy (non-hydrogen) atoms. The van der Waals surface area contributed by atoms with Crippen LogP contribution in [0.15, 0.2) is 41.3 Å². The number of hydrogen-bond donors (Lipinski definition) is 0. The number of rotatable bonds is 4. The monoisotopic (exact) mass is 333 g/mol. The van der Waals surface area contributed by atoms with Crippen molar-refractivity contribution in [2.45, 2.75) is 44.0 Å². The maximum Gasteiger partial charge on any atom is 0.243 e. The second kappa shape index (κ2) is 6.49. The summed E-state index contributed by atoms with van der Waals surface area (Å²) in [5.74, 6) is 0.730. The molecular weight excluding hydrogens is 310 g/mol. The van der Waals surface area contributed by atoms with Crippen LogP contribution in [-0.4, -0.2) is 31.9 Å². The lowest BCUT2D eigenvalue weighted by Crippen LogP contribution is -2.41. The molecule has 0 radical (unpaired) electrons. The summed E-state index contributed by atoms with van der Waals surface area (Å²) in [5.41, 5.74) is 0. The molecule has 1 aliphatic heterocycles. The number of sulfonamides is 1. The van der Waals surface area contributed by atoms with Crippen LogP contribution in [-0.2, 0) is 10.0 Å². The fraction of sp³-hybridized carbons (Fsp3) is 0.444. The van der Waals surface area contributed by atoms with Gasteiger partial charge in [-0.15, -0.1) is 0 Å². The molecule has 0 unspecified atom stereocenters. The fourth-order valence-corrected chi connectivity index (χ4v) is 5.20. The summed E-state index contributed by atoms with van der Waals surface area (Å²) in [5, 5.41) is 1.58. The van der Waals surface area contributed by atoms with Gasteiger partial charge in [0.15, 0.2) is 0 Å². The van der Waals surface area contributed by atoms with Crippen LogP contribution in [0.3, 0.4) is 0 Å². The average Bonchev–Trinajstić information content (AvgIpc) is 2.55. The van der Waals surface area contributed by atoms with Crippen molar-refractivity contribution in [3.8, 4) is 5.75 Å². The Labute approximate surface area is 138 Å². The molecule has 1 heterocycles. The van der Waals surface area contributed by atoms with Gasteiger partial charge in [0, 0.05) is 23.4 Å². The second-order valence-electron chi connectivity index (χ2n) is 6.00. The molecule has 1 aliphatic rings. The summed E-state index contributed by atoms with van der Waals surface area (Å²) < 4.78 is 33.6. The number of ether oxygens (including phenoxy) is 1. The van der Waals surface area contributed by atoms with Crippen LogP contribution in [0.25, 0.3) is 10.8 Å². The van der Waals surface area contributed by atoms with Crippen molar-refractivity contribution in [2.24, 2.45) is 0 Å². The van der Waals surface area contributed by atoms with Crippen LogP contribution in [0.5, 0.6) is 5.75 Å². The molecule has 4 nitrogen and oxygen atoms in total. The van der Waals surface area contributed by atoms with E-state index in [0.717, 1.165) is 35.8 Å². The van der Waals surface area contributed by atoms with Gasteiger partial charge in [0.05, 0.1) is 11.5 Å². The molecule has 124 valence electrons. The van der Waals surface area contributed by atoms with Crippen molar-refractivity contribution in [3.63, 3.8) is 0 Å². The first kappa shape index (κ1) is 16.3. The lowest BCUT2D eigenvalue weighted by molar-refractivity contribution is 0.269. The number of nitrogens with zero attached hydrogens (tertiary/aromatic N) is 1. The van der Waals surface area contributed by atoms with Gasteiger partial charge in [0.2, 0.25) is 10.0 Å². The Balaban J connectivity index is 2.14. The van der Waals surface area contributed by atoms with Crippen LogP contribution < -0.4 is 4.74 Å². The van der Waals surface area contributed by atoms with Crippen LogP contribution in [0.2, 0.25) is 0 Å². The Bertz CT molecular complexity index is 801.